The lowest BCUT2D eigenvalue weighted by Gasteiger charge is -2.67. The molecule has 0 radical (unpaired) electrons. The molecule has 1 saturated heterocycles. The minimum absolute atomic E-state index is 0.00137. The maximum absolute atomic E-state index is 11.6. The monoisotopic (exact) mass is 456 g/mol. The fourth-order valence-electron chi connectivity index (χ4n) is 9.60. The molecule has 33 heavy (non-hydrogen) atoms. The molecule has 7 atom stereocenters. The molecule has 1 aliphatic heterocycles. The number of hydrogen-bond donors (Lipinski definition) is 2. The van der Waals surface area contributed by atoms with Crippen LogP contribution in [0.2, 0.25) is 0 Å². The Labute approximate surface area is 197 Å². The second kappa shape index (κ2) is 8.03. The third-order valence-corrected chi connectivity index (χ3v) is 10.9. The van der Waals surface area contributed by atoms with Crippen LogP contribution in [-0.4, -0.2) is 48.5 Å². The number of ether oxygens (including phenoxy) is 3. The second-order valence-electron chi connectivity index (χ2n) is 12.0. The maximum Gasteiger partial charge on any atom is 0.171 e. The zero-order valence-corrected chi connectivity index (χ0v) is 20.0. The number of aliphatic hydroxyl groups excluding tert-OH is 2. The van der Waals surface area contributed by atoms with Crippen molar-refractivity contribution in [2.75, 3.05) is 26.4 Å². The van der Waals surface area contributed by atoms with Crippen molar-refractivity contribution in [2.45, 2.75) is 76.8 Å². The van der Waals surface area contributed by atoms with Gasteiger partial charge in [-0.3, -0.25) is 0 Å². The zero-order valence-electron chi connectivity index (χ0n) is 20.0. The van der Waals surface area contributed by atoms with E-state index in [0.717, 1.165) is 56.9 Å². The second-order valence-corrected chi connectivity index (χ2v) is 12.0. The number of rotatable bonds is 5. The molecule has 5 heteroatoms. The quantitative estimate of drug-likeness (QED) is 0.691. The molecule has 2 spiro atoms. The van der Waals surface area contributed by atoms with Crippen molar-refractivity contribution < 1.29 is 24.4 Å². The average molecular weight is 457 g/mol. The maximum atomic E-state index is 11.6. The number of benzene rings is 1. The van der Waals surface area contributed by atoms with Crippen molar-refractivity contribution >= 4 is 0 Å². The van der Waals surface area contributed by atoms with E-state index in [9.17, 15) is 10.2 Å². The molecule has 0 amide bonds. The van der Waals surface area contributed by atoms with E-state index in [4.69, 9.17) is 14.2 Å². The van der Waals surface area contributed by atoms with E-state index < -0.39 is 0 Å². The molecule has 1 aromatic carbocycles. The van der Waals surface area contributed by atoms with Crippen LogP contribution in [0.1, 0.15) is 63.9 Å². The van der Waals surface area contributed by atoms with Gasteiger partial charge < -0.3 is 24.4 Å². The highest BCUT2D eigenvalue weighted by atomic mass is 16.7. The molecule has 0 aromatic heterocycles. The van der Waals surface area contributed by atoms with Crippen LogP contribution in [0.5, 0.6) is 0 Å². The van der Waals surface area contributed by atoms with Crippen LogP contribution in [0, 0.1) is 34.0 Å². The van der Waals surface area contributed by atoms with E-state index in [0.29, 0.717) is 38.3 Å². The van der Waals surface area contributed by atoms with E-state index >= 15 is 0 Å². The van der Waals surface area contributed by atoms with Crippen molar-refractivity contribution in [1.29, 1.82) is 0 Å². The third-order valence-electron chi connectivity index (χ3n) is 10.9. The van der Waals surface area contributed by atoms with Gasteiger partial charge in [-0.15, -0.1) is 0 Å². The first kappa shape index (κ1) is 22.5. The molecule has 5 aliphatic rings. The van der Waals surface area contributed by atoms with Gasteiger partial charge in [-0.2, -0.15) is 0 Å². The van der Waals surface area contributed by atoms with Crippen LogP contribution >= 0.6 is 0 Å². The first-order chi connectivity index (χ1) is 16.0. The normalized spacial score (nSPS) is 45.7. The highest BCUT2D eigenvalue weighted by molar-refractivity contribution is 5.20. The summed E-state index contributed by atoms with van der Waals surface area (Å²) in [5, 5.41) is 22.5. The predicted octanol–water partition coefficient (Wildman–Crippen LogP) is 4.30. The van der Waals surface area contributed by atoms with Crippen molar-refractivity contribution in [3.63, 3.8) is 0 Å². The van der Waals surface area contributed by atoms with Crippen molar-refractivity contribution in [3.8, 4) is 0 Å². The Morgan fingerprint density at radius 2 is 1.79 bits per heavy atom. The zero-order chi connectivity index (χ0) is 22.7. The lowest BCUT2D eigenvalue weighted by atomic mass is 9.39. The highest BCUT2D eigenvalue weighted by Gasteiger charge is 2.72. The standard InChI is InChI=1S/C28H40O5/c1-25-8-5-9-26(18-29,19-31-17-20-6-3-2-4-7-20)24(25)23(30)15-21-14-22-16-27(21,25)10-11-28(22)32-12-13-33-28/h2-4,6-7,21-24,29-30H,5,8-19H2,1H3/t21-,22-,23-,24-,25+,26-,27+/m1/s1. The molecule has 5 nitrogen and oxygen atoms in total. The lowest BCUT2D eigenvalue weighted by molar-refractivity contribution is -0.257. The summed E-state index contributed by atoms with van der Waals surface area (Å²) in [6.45, 7) is 5.02. The molecule has 6 rings (SSSR count). The van der Waals surface area contributed by atoms with Gasteiger partial charge in [0.15, 0.2) is 5.79 Å². The van der Waals surface area contributed by atoms with Crippen LogP contribution in [0.4, 0.5) is 0 Å². The summed E-state index contributed by atoms with van der Waals surface area (Å²) < 4.78 is 18.7. The molecule has 2 bridgehead atoms. The molecular formula is C28H40O5. The van der Waals surface area contributed by atoms with Crippen LogP contribution < -0.4 is 0 Å². The van der Waals surface area contributed by atoms with Gasteiger partial charge in [0.25, 0.3) is 0 Å². The Morgan fingerprint density at radius 1 is 1.00 bits per heavy atom. The predicted molar refractivity (Wildman–Crippen MR) is 124 cm³/mol. The first-order valence-electron chi connectivity index (χ1n) is 13.2. The largest absolute Gasteiger partial charge is 0.396 e. The van der Waals surface area contributed by atoms with Gasteiger partial charge >= 0.3 is 0 Å². The minimum Gasteiger partial charge on any atom is -0.396 e. The third kappa shape index (κ3) is 3.15. The summed E-state index contributed by atoms with van der Waals surface area (Å²) in [5.41, 5.74) is 0.984. The van der Waals surface area contributed by atoms with Gasteiger partial charge in [-0.1, -0.05) is 43.7 Å². The summed E-state index contributed by atoms with van der Waals surface area (Å²) in [6, 6.07) is 10.3. The Kier molecular flexibility index (Phi) is 5.47. The van der Waals surface area contributed by atoms with Crippen molar-refractivity contribution in [2.24, 2.45) is 34.0 Å². The van der Waals surface area contributed by atoms with Gasteiger partial charge in [0.2, 0.25) is 0 Å². The van der Waals surface area contributed by atoms with E-state index in [1.54, 1.807) is 0 Å². The number of hydrogen-bond acceptors (Lipinski definition) is 5. The van der Waals surface area contributed by atoms with Crippen LogP contribution in [0.3, 0.4) is 0 Å². The van der Waals surface area contributed by atoms with E-state index in [2.05, 4.69) is 19.1 Å². The van der Waals surface area contributed by atoms with Gasteiger partial charge in [0, 0.05) is 23.7 Å². The van der Waals surface area contributed by atoms with Gasteiger partial charge in [0.05, 0.1) is 39.1 Å². The summed E-state index contributed by atoms with van der Waals surface area (Å²) in [4.78, 5) is 0. The summed E-state index contributed by atoms with van der Waals surface area (Å²) in [7, 11) is 0. The van der Waals surface area contributed by atoms with E-state index in [1.807, 2.05) is 18.2 Å². The Balaban J connectivity index is 1.29. The van der Waals surface area contributed by atoms with E-state index in [-0.39, 0.29) is 40.7 Å². The fraction of sp³-hybridized carbons (Fsp3) is 0.786. The molecule has 1 aromatic rings. The molecule has 2 N–H and O–H groups in total. The molecule has 5 fully saturated rings. The number of aliphatic hydroxyl groups is 2. The summed E-state index contributed by atoms with van der Waals surface area (Å²) in [6.07, 6.45) is 7.94. The summed E-state index contributed by atoms with van der Waals surface area (Å²) in [5.74, 6) is 0.641. The topological polar surface area (TPSA) is 68.2 Å². The van der Waals surface area contributed by atoms with Gasteiger partial charge in [0.1, 0.15) is 0 Å². The average Bonchev–Trinajstić information content (AvgIpc) is 3.41. The van der Waals surface area contributed by atoms with Crippen molar-refractivity contribution in [1.82, 2.24) is 0 Å². The Morgan fingerprint density at radius 3 is 2.55 bits per heavy atom. The molecule has 182 valence electrons. The van der Waals surface area contributed by atoms with Crippen LogP contribution in [-0.2, 0) is 20.8 Å². The Hall–Kier alpha value is -0.980. The smallest absolute Gasteiger partial charge is 0.171 e. The molecule has 4 aliphatic carbocycles. The minimum atomic E-state index is -0.390. The first-order valence-corrected chi connectivity index (χ1v) is 13.2. The number of fused-ring (bicyclic) bond motifs is 3. The van der Waals surface area contributed by atoms with Gasteiger partial charge in [-0.25, -0.2) is 0 Å². The molecule has 0 unspecified atom stereocenters. The van der Waals surface area contributed by atoms with Crippen LogP contribution in [0.25, 0.3) is 0 Å². The molecule has 1 heterocycles. The SMILES string of the molecule is C[C@]12CCC[C@@](CO)(COCc3ccccc3)[C@@H]1[C@H](O)C[C@H]1C[C@@H]3C[C@@]12CCC31OCCO1. The Bertz CT molecular complexity index is 853. The van der Waals surface area contributed by atoms with Crippen LogP contribution in [0.15, 0.2) is 30.3 Å². The molecular weight excluding hydrogens is 416 g/mol. The fourth-order valence-corrected chi connectivity index (χ4v) is 9.60. The van der Waals surface area contributed by atoms with Crippen molar-refractivity contribution in [3.05, 3.63) is 35.9 Å². The lowest BCUT2D eigenvalue weighted by Crippen LogP contribution is -2.65. The van der Waals surface area contributed by atoms with E-state index in [1.165, 1.54) is 0 Å². The van der Waals surface area contributed by atoms with Gasteiger partial charge in [-0.05, 0) is 60.8 Å². The molecule has 4 saturated carbocycles. The summed E-state index contributed by atoms with van der Waals surface area (Å²) >= 11 is 0. The highest BCUT2D eigenvalue weighted by Crippen LogP contribution is 2.75.